The molecule has 2 aromatic rings. The molecule has 3 rings (SSSR count). The van der Waals surface area contributed by atoms with Crippen molar-refractivity contribution in [3.63, 3.8) is 0 Å². The fraction of sp³-hybridized carbons (Fsp3) is 0.400. The van der Waals surface area contributed by atoms with Crippen molar-refractivity contribution in [2.45, 2.75) is 25.5 Å². The van der Waals surface area contributed by atoms with Gasteiger partial charge in [0.05, 0.1) is 11.8 Å². The summed E-state index contributed by atoms with van der Waals surface area (Å²) < 4.78 is 5.52. The smallest absolute Gasteiger partial charge is 0.226 e. The summed E-state index contributed by atoms with van der Waals surface area (Å²) in [6.07, 6.45) is 3.39. The van der Waals surface area contributed by atoms with E-state index in [4.69, 9.17) is 16.0 Å². The Morgan fingerprint density at radius 3 is 2.90 bits per heavy atom. The fourth-order valence-corrected chi connectivity index (χ4v) is 2.63. The summed E-state index contributed by atoms with van der Waals surface area (Å²) in [4.78, 5) is 6.70. The number of β-amino-alcohol motifs (C(OH)–C–C–N with tert-alkyl or cyclic N) is 1. The van der Waals surface area contributed by atoms with Crippen LogP contribution in [0.2, 0.25) is 5.02 Å². The van der Waals surface area contributed by atoms with E-state index in [9.17, 15) is 5.11 Å². The number of hydrogen-bond donors (Lipinski definition) is 1. The van der Waals surface area contributed by atoms with E-state index < -0.39 is 0 Å². The minimum atomic E-state index is -0.216. The van der Waals surface area contributed by atoms with Gasteiger partial charge in [0.1, 0.15) is 6.26 Å². The number of piperidine rings is 1. The molecule has 1 aromatic heterocycles. The van der Waals surface area contributed by atoms with Crippen molar-refractivity contribution < 1.29 is 9.52 Å². The highest BCUT2D eigenvalue weighted by Crippen LogP contribution is 2.22. The maximum absolute atomic E-state index is 9.67. The number of aromatic nitrogens is 1. The summed E-state index contributed by atoms with van der Waals surface area (Å²) in [7, 11) is 0. The molecule has 20 heavy (non-hydrogen) atoms. The van der Waals surface area contributed by atoms with E-state index >= 15 is 0 Å². The minimum Gasteiger partial charge on any atom is -0.444 e. The van der Waals surface area contributed by atoms with Gasteiger partial charge in [-0.25, -0.2) is 4.98 Å². The summed E-state index contributed by atoms with van der Waals surface area (Å²) in [6.45, 7) is 2.43. The molecule has 0 radical (unpaired) electrons. The monoisotopic (exact) mass is 292 g/mol. The molecule has 5 heteroatoms. The Hall–Kier alpha value is -1.36. The lowest BCUT2D eigenvalue weighted by Crippen LogP contribution is -2.37. The fourth-order valence-electron chi connectivity index (χ4n) is 2.51. The van der Waals surface area contributed by atoms with Crippen molar-refractivity contribution in [3.05, 3.63) is 41.2 Å². The molecule has 2 heterocycles. The van der Waals surface area contributed by atoms with Crippen LogP contribution in [-0.4, -0.2) is 34.2 Å². The number of benzene rings is 1. The predicted molar refractivity (Wildman–Crippen MR) is 77.5 cm³/mol. The molecular weight excluding hydrogens is 276 g/mol. The van der Waals surface area contributed by atoms with Crippen LogP contribution in [0.5, 0.6) is 0 Å². The Balaban J connectivity index is 1.69. The van der Waals surface area contributed by atoms with Gasteiger partial charge in [-0.05, 0) is 43.7 Å². The second-order valence-electron chi connectivity index (χ2n) is 5.18. The molecule has 0 saturated carbocycles. The zero-order valence-corrected chi connectivity index (χ0v) is 11.9. The van der Waals surface area contributed by atoms with Gasteiger partial charge in [0.2, 0.25) is 5.89 Å². The maximum Gasteiger partial charge on any atom is 0.226 e. The molecule has 4 nitrogen and oxygen atoms in total. The normalized spacial score (nSPS) is 20.2. The van der Waals surface area contributed by atoms with Gasteiger partial charge in [-0.15, -0.1) is 0 Å². The quantitative estimate of drug-likeness (QED) is 0.945. The van der Waals surface area contributed by atoms with Crippen LogP contribution in [0.1, 0.15) is 18.5 Å². The third-order valence-electron chi connectivity index (χ3n) is 3.51. The van der Waals surface area contributed by atoms with Crippen LogP contribution in [0.25, 0.3) is 11.5 Å². The molecule has 0 bridgehead atoms. The van der Waals surface area contributed by atoms with Crippen molar-refractivity contribution in [1.29, 1.82) is 0 Å². The molecule has 0 amide bonds. The third-order valence-corrected chi connectivity index (χ3v) is 3.76. The van der Waals surface area contributed by atoms with E-state index in [0.717, 1.165) is 30.6 Å². The van der Waals surface area contributed by atoms with E-state index in [1.807, 2.05) is 24.3 Å². The number of halogens is 1. The minimum absolute atomic E-state index is 0.216. The molecule has 1 atom stereocenters. The SMILES string of the molecule is O[C@@H]1CCCN(Cc2coc(-c3ccc(Cl)cc3)n2)C1. The maximum atomic E-state index is 9.67. The van der Waals surface area contributed by atoms with Gasteiger partial charge in [0.15, 0.2) is 0 Å². The Labute approximate surface area is 123 Å². The van der Waals surface area contributed by atoms with E-state index in [0.29, 0.717) is 24.0 Å². The second-order valence-corrected chi connectivity index (χ2v) is 5.62. The molecule has 1 aliphatic heterocycles. The topological polar surface area (TPSA) is 49.5 Å². The molecule has 1 saturated heterocycles. The van der Waals surface area contributed by atoms with Gasteiger partial charge in [0.25, 0.3) is 0 Å². The molecule has 106 valence electrons. The van der Waals surface area contributed by atoms with Crippen molar-refractivity contribution in [2.75, 3.05) is 13.1 Å². The number of nitrogens with zero attached hydrogens (tertiary/aromatic N) is 2. The zero-order chi connectivity index (χ0) is 13.9. The standard InChI is InChI=1S/C15H17ClN2O2/c16-12-5-3-11(4-6-12)15-17-13(10-20-15)8-18-7-1-2-14(19)9-18/h3-6,10,14,19H,1-2,7-9H2/t14-/m1/s1. The van der Waals surface area contributed by atoms with Gasteiger partial charge in [-0.2, -0.15) is 0 Å². The molecule has 0 unspecified atom stereocenters. The van der Waals surface area contributed by atoms with Crippen LogP contribution < -0.4 is 0 Å². The van der Waals surface area contributed by atoms with Gasteiger partial charge >= 0.3 is 0 Å². The van der Waals surface area contributed by atoms with Gasteiger partial charge < -0.3 is 9.52 Å². The first-order valence-electron chi connectivity index (χ1n) is 6.81. The van der Waals surface area contributed by atoms with E-state index in [1.54, 1.807) is 6.26 Å². The lowest BCUT2D eigenvalue weighted by atomic mass is 10.1. The van der Waals surface area contributed by atoms with Crippen LogP contribution in [-0.2, 0) is 6.54 Å². The van der Waals surface area contributed by atoms with Crippen molar-refractivity contribution in [1.82, 2.24) is 9.88 Å². The number of likely N-dealkylation sites (tertiary alicyclic amines) is 1. The van der Waals surface area contributed by atoms with Gasteiger partial charge in [-0.3, -0.25) is 4.90 Å². The summed E-state index contributed by atoms with van der Waals surface area (Å²) in [5.74, 6) is 0.606. The average Bonchev–Trinajstić information content (AvgIpc) is 2.88. The largest absolute Gasteiger partial charge is 0.444 e. The Morgan fingerprint density at radius 1 is 1.35 bits per heavy atom. The number of rotatable bonds is 3. The zero-order valence-electron chi connectivity index (χ0n) is 11.1. The highest BCUT2D eigenvalue weighted by Gasteiger charge is 2.19. The lowest BCUT2D eigenvalue weighted by Gasteiger charge is -2.29. The van der Waals surface area contributed by atoms with E-state index in [-0.39, 0.29) is 6.10 Å². The highest BCUT2D eigenvalue weighted by molar-refractivity contribution is 6.30. The molecule has 0 spiro atoms. The molecule has 1 aliphatic rings. The molecule has 1 N–H and O–H groups in total. The molecule has 1 aromatic carbocycles. The first-order valence-corrected chi connectivity index (χ1v) is 7.19. The average molecular weight is 293 g/mol. The Morgan fingerprint density at radius 2 is 2.15 bits per heavy atom. The molecule has 0 aliphatic carbocycles. The van der Waals surface area contributed by atoms with Crippen LogP contribution in [0.15, 0.2) is 34.9 Å². The number of aliphatic hydroxyl groups is 1. The third kappa shape index (κ3) is 3.20. The van der Waals surface area contributed by atoms with Gasteiger partial charge in [0, 0.05) is 23.7 Å². The predicted octanol–water partition coefficient (Wildman–Crippen LogP) is 2.95. The summed E-state index contributed by atoms with van der Waals surface area (Å²) in [6, 6.07) is 7.43. The lowest BCUT2D eigenvalue weighted by molar-refractivity contribution is 0.0662. The summed E-state index contributed by atoms with van der Waals surface area (Å²) in [5, 5.41) is 10.4. The van der Waals surface area contributed by atoms with Crippen LogP contribution in [0.4, 0.5) is 0 Å². The highest BCUT2D eigenvalue weighted by atomic mass is 35.5. The first kappa shape index (κ1) is 13.6. The number of hydrogen-bond acceptors (Lipinski definition) is 4. The van der Waals surface area contributed by atoms with Crippen LogP contribution in [0, 0.1) is 0 Å². The van der Waals surface area contributed by atoms with E-state index in [2.05, 4.69) is 9.88 Å². The first-order chi connectivity index (χ1) is 9.70. The summed E-state index contributed by atoms with van der Waals surface area (Å²) >= 11 is 5.87. The summed E-state index contributed by atoms with van der Waals surface area (Å²) in [5.41, 5.74) is 1.81. The Kier molecular flexibility index (Phi) is 4.05. The number of aliphatic hydroxyl groups excluding tert-OH is 1. The number of oxazole rings is 1. The van der Waals surface area contributed by atoms with Crippen LogP contribution >= 0.6 is 11.6 Å². The molecule has 1 fully saturated rings. The van der Waals surface area contributed by atoms with Crippen LogP contribution in [0.3, 0.4) is 0 Å². The molecular formula is C15H17ClN2O2. The van der Waals surface area contributed by atoms with E-state index in [1.165, 1.54) is 0 Å². The second kappa shape index (κ2) is 5.95. The Bertz CT molecular complexity index is 568. The van der Waals surface area contributed by atoms with Gasteiger partial charge in [-0.1, -0.05) is 11.6 Å². The van der Waals surface area contributed by atoms with Crippen molar-refractivity contribution >= 4 is 11.6 Å². The van der Waals surface area contributed by atoms with Crippen molar-refractivity contribution in [3.8, 4) is 11.5 Å². The van der Waals surface area contributed by atoms with Crippen molar-refractivity contribution in [2.24, 2.45) is 0 Å².